The molecule has 21 heavy (non-hydrogen) atoms. The Morgan fingerprint density at radius 3 is 2.14 bits per heavy atom. The molecule has 2 unspecified atom stereocenters. The molecule has 1 rings (SSSR count). The molecule has 2 atom stereocenters. The number of carbonyl (C=O) groups is 2. The molecule has 0 bridgehead atoms. The first kappa shape index (κ1) is 17.8. The predicted octanol–water partition coefficient (Wildman–Crippen LogP) is 1.57. The van der Waals surface area contributed by atoms with Crippen molar-refractivity contribution in [2.45, 2.75) is 40.2 Å². The molecular formula is C15H29N3O3. The maximum atomic E-state index is 12.5. The number of piperazine rings is 1. The van der Waals surface area contributed by atoms with Crippen molar-refractivity contribution >= 4 is 12.0 Å². The van der Waals surface area contributed by atoms with Gasteiger partial charge in [0.15, 0.2) is 0 Å². The summed E-state index contributed by atoms with van der Waals surface area (Å²) < 4.78 is 0. The summed E-state index contributed by atoms with van der Waals surface area (Å²) in [5.74, 6) is -1.39. The Hall–Kier alpha value is -1.30. The summed E-state index contributed by atoms with van der Waals surface area (Å²) in [6.07, 6.45) is 1.12. The fourth-order valence-corrected chi connectivity index (χ4v) is 2.56. The largest absolute Gasteiger partial charge is 0.481 e. The molecule has 0 aromatic heterocycles. The van der Waals surface area contributed by atoms with Crippen LogP contribution in [0.3, 0.4) is 0 Å². The van der Waals surface area contributed by atoms with Crippen LogP contribution in [-0.2, 0) is 4.79 Å². The Bertz CT molecular complexity index is 354. The van der Waals surface area contributed by atoms with E-state index in [1.165, 1.54) is 0 Å². The number of carboxylic acids is 1. The zero-order valence-electron chi connectivity index (χ0n) is 13.7. The molecule has 0 spiro atoms. The highest BCUT2D eigenvalue weighted by molar-refractivity contribution is 5.76. The third-order valence-corrected chi connectivity index (χ3v) is 4.37. The number of carbonyl (C=O) groups excluding carboxylic acids is 1. The van der Waals surface area contributed by atoms with E-state index in [0.29, 0.717) is 12.6 Å². The smallest absolute Gasteiger partial charge is 0.320 e. The van der Waals surface area contributed by atoms with Crippen molar-refractivity contribution in [3.8, 4) is 0 Å². The lowest BCUT2D eigenvalue weighted by atomic mass is 10.1. The van der Waals surface area contributed by atoms with E-state index in [9.17, 15) is 9.59 Å². The van der Waals surface area contributed by atoms with Gasteiger partial charge < -0.3 is 14.9 Å². The van der Waals surface area contributed by atoms with Gasteiger partial charge in [-0.15, -0.1) is 0 Å². The molecule has 0 radical (unpaired) electrons. The second-order valence-corrected chi connectivity index (χ2v) is 5.84. The van der Waals surface area contributed by atoms with Gasteiger partial charge in [0.25, 0.3) is 0 Å². The zero-order valence-corrected chi connectivity index (χ0v) is 13.7. The number of urea groups is 1. The molecular weight excluding hydrogens is 270 g/mol. The lowest BCUT2D eigenvalue weighted by Crippen LogP contribution is -2.55. The highest BCUT2D eigenvalue weighted by Gasteiger charge is 2.27. The molecule has 0 aromatic rings. The van der Waals surface area contributed by atoms with Gasteiger partial charge in [-0.1, -0.05) is 13.8 Å². The van der Waals surface area contributed by atoms with Gasteiger partial charge in [-0.3, -0.25) is 9.69 Å². The van der Waals surface area contributed by atoms with Gasteiger partial charge in [-0.05, 0) is 20.3 Å². The summed E-state index contributed by atoms with van der Waals surface area (Å²) in [4.78, 5) is 29.3. The number of hydrogen-bond acceptors (Lipinski definition) is 3. The Labute approximate surface area is 127 Å². The molecule has 1 heterocycles. The van der Waals surface area contributed by atoms with Crippen LogP contribution in [0.4, 0.5) is 4.79 Å². The van der Waals surface area contributed by atoms with Crippen LogP contribution >= 0.6 is 0 Å². The van der Waals surface area contributed by atoms with Crippen LogP contribution in [0.25, 0.3) is 0 Å². The van der Waals surface area contributed by atoms with Gasteiger partial charge in [0.2, 0.25) is 0 Å². The summed E-state index contributed by atoms with van der Waals surface area (Å²) in [5.41, 5.74) is 0. The minimum atomic E-state index is -0.858. The standard InChI is InChI=1S/C15H29N3O3/c1-5-13(4)17-7-9-18(10-8-17)15(21)16(6-2)11-12(3)14(19)20/h12-13H,5-11H2,1-4H3,(H,19,20). The number of hydrogen-bond donors (Lipinski definition) is 1. The SMILES string of the molecule is CCC(C)N1CCN(C(=O)N(CC)CC(C)C(=O)O)CC1. The van der Waals surface area contributed by atoms with Gasteiger partial charge in [0.1, 0.15) is 0 Å². The topological polar surface area (TPSA) is 64.1 Å². The number of aliphatic carboxylic acids is 1. The highest BCUT2D eigenvalue weighted by Crippen LogP contribution is 2.11. The minimum absolute atomic E-state index is 0.0330. The van der Waals surface area contributed by atoms with Crippen LogP contribution in [0.1, 0.15) is 34.1 Å². The second-order valence-electron chi connectivity index (χ2n) is 5.84. The Kier molecular flexibility index (Phi) is 6.95. The van der Waals surface area contributed by atoms with Crippen LogP contribution in [0, 0.1) is 5.92 Å². The van der Waals surface area contributed by atoms with E-state index in [-0.39, 0.29) is 12.6 Å². The van der Waals surface area contributed by atoms with Crippen molar-refractivity contribution in [1.82, 2.24) is 14.7 Å². The summed E-state index contributed by atoms with van der Waals surface area (Å²) in [7, 11) is 0. The third kappa shape index (κ3) is 4.88. The van der Waals surface area contributed by atoms with E-state index >= 15 is 0 Å². The van der Waals surface area contributed by atoms with Gasteiger partial charge in [-0.2, -0.15) is 0 Å². The summed E-state index contributed by atoms with van der Waals surface area (Å²) in [6.45, 7) is 12.0. The summed E-state index contributed by atoms with van der Waals surface area (Å²) >= 11 is 0. The van der Waals surface area contributed by atoms with Crippen molar-refractivity contribution in [2.75, 3.05) is 39.3 Å². The van der Waals surface area contributed by atoms with E-state index < -0.39 is 11.9 Å². The normalized spacial score (nSPS) is 19.1. The average Bonchev–Trinajstić information content (AvgIpc) is 2.50. The molecule has 1 N–H and O–H groups in total. The minimum Gasteiger partial charge on any atom is -0.481 e. The second kappa shape index (κ2) is 8.22. The first-order chi connectivity index (χ1) is 9.90. The van der Waals surface area contributed by atoms with E-state index in [0.717, 1.165) is 32.6 Å². The Balaban J connectivity index is 2.53. The highest BCUT2D eigenvalue weighted by atomic mass is 16.4. The lowest BCUT2D eigenvalue weighted by molar-refractivity contribution is -0.141. The molecule has 6 heteroatoms. The molecule has 0 aliphatic carbocycles. The van der Waals surface area contributed by atoms with E-state index in [4.69, 9.17) is 5.11 Å². The zero-order chi connectivity index (χ0) is 16.0. The summed E-state index contributed by atoms with van der Waals surface area (Å²) in [6, 6.07) is 0.519. The fourth-order valence-electron chi connectivity index (χ4n) is 2.56. The third-order valence-electron chi connectivity index (χ3n) is 4.37. The lowest BCUT2D eigenvalue weighted by Gasteiger charge is -2.39. The van der Waals surface area contributed by atoms with Crippen LogP contribution in [0.5, 0.6) is 0 Å². The van der Waals surface area contributed by atoms with Crippen molar-refractivity contribution in [2.24, 2.45) is 5.92 Å². The molecule has 1 fully saturated rings. The molecule has 1 aliphatic rings. The quantitative estimate of drug-likeness (QED) is 0.808. The van der Waals surface area contributed by atoms with Crippen molar-refractivity contribution < 1.29 is 14.7 Å². The maximum absolute atomic E-state index is 12.5. The van der Waals surface area contributed by atoms with Crippen LogP contribution in [0.2, 0.25) is 0 Å². The predicted molar refractivity (Wildman–Crippen MR) is 82.3 cm³/mol. The van der Waals surface area contributed by atoms with Crippen molar-refractivity contribution in [3.63, 3.8) is 0 Å². The number of rotatable bonds is 6. The van der Waals surface area contributed by atoms with Gasteiger partial charge in [0, 0.05) is 45.3 Å². The van der Waals surface area contributed by atoms with Crippen LogP contribution < -0.4 is 0 Å². The van der Waals surface area contributed by atoms with Crippen LogP contribution in [-0.4, -0.2) is 77.1 Å². The first-order valence-corrected chi connectivity index (χ1v) is 7.91. The molecule has 6 nitrogen and oxygen atoms in total. The summed E-state index contributed by atoms with van der Waals surface area (Å²) in [5, 5.41) is 8.98. The number of amides is 2. The average molecular weight is 299 g/mol. The Morgan fingerprint density at radius 1 is 1.14 bits per heavy atom. The molecule has 0 saturated carbocycles. The van der Waals surface area contributed by atoms with Crippen molar-refractivity contribution in [1.29, 1.82) is 0 Å². The van der Waals surface area contributed by atoms with Gasteiger partial charge in [0.05, 0.1) is 5.92 Å². The number of carboxylic acid groups (broad SMARTS) is 1. The van der Waals surface area contributed by atoms with Crippen molar-refractivity contribution in [3.05, 3.63) is 0 Å². The maximum Gasteiger partial charge on any atom is 0.320 e. The van der Waals surface area contributed by atoms with E-state index in [1.807, 2.05) is 11.8 Å². The molecule has 2 amide bonds. The molecule has 1 aliphatic heterocycles. The van der Waals surface area contributed by atoms with Gasteiger partial charge >= 0.3 is 12.0 Å². The fraction of sp³-hybridized carbons (Fsp3) is 0.867. The Morgan fingerprint density at radius 2 is 1.71 bits per heavy atom. The molecule has 0 aromatic carbocycles. The molecule has 122 valence electrons. The molecule has 1 saturated heterocycles. The van der Waals surface area contributed by atoms with E-state index in [2.05, 4.69) is 18.7 Å². The number of nitrogens with zero attached hydrogens (tertiary/aromatic N) is 3. The van der Waals surface area contributed by atoms with E-state index in [1.54, 1.807) is 11.8 Å². The van der Waals surface area contributed by atoms with Gasteiger partial charge in [-0.25, -0.2) is 4.79 Å². The first-order valence-electron chi connectivity index (χ1n) is 7.91. The van der Waals surface area contributed by atoms with Crippen LogP contribution in [0.15, 0.2) is 0 Å². The monoisotopic (exact) mass is 299 g/mol.